The second kappa shape index (κ2) is 6.27. The van der Waals surface area contributed by atoms with Crippen molar-refractivity contribution in [2.45, 2.75) is 31.7 Å². The van der Waals surface area contributed by atoms with Gasteiger partial charge in [0.25, 0.3) is 0 Å². The molecule has 3 saturated heterocycles. The van der Waals surface area contributed by atoms with E-state index in [9.17, 15) is 19.2 Å². The molecule has 3 aliphatic heterocycles. The summed E-state index contributed by atoms with van der Waals surface area (Å²) in [7, 11) is 0. The third-order valence-electron chi connectivity index (χ3n) is 5.11. The van der Waals surface area contributed by atoms with Gasteiger partial charge in [-0.3, -0.25) is 29.0 Å². The minimum atomic E-state index is -0.256. The maximum atomic E-state index is 12.1. The molecule has 0 saturated carbocycles. The summed E-state index contributed by atoms with van der Waals surface area (Å²) in [5, 5.41) is 0. The SMILES string of the molecule is NC(=O)C1CCN(C2CN(C(=O)CN3C(=O)CCC3=O)C2)CC1. The summed E-state index contributed by atoms with van der Waals surface area (Å²) in [6.45, 7) is 2.76. The number of likely N-dealkylation sites (tertiary alicyclic amines) is 3. The van der Waals surface area contributed by atoms with Crippen molar-refractivity contribution in [3.05, 3.63) is 0 Å². The van der Waals surface area contributed by atoms with E-state index in [4.69, 9.17) is 5.73 Å². The van der Waals surface area contributed by atoms with E-state index in [2.05, 4.69) is 4.90 Å². The van der Waals surface area contributed by atoms with Crippen LogP contribution < -0.4 is 5.73 Å². The number of nitrogens with two attached hydrogens (primary N) is 1. The lowest BCUT2D eigenvalue weighted by Crippen LogP contribution is -2.63. The normalized spacial score (nSPS) is 24.2. The largest absolute Gasteiger partial charge is 0.369 e. The summed E-state index contributed by atoms with van der Waals surface area (Å²) >= 11 is 0. The molecule has 4 amide bonds. The highest BCUT2D eigenvalue weighted by molar-refractivity contribution is 6.04. The Morgan fingerprint density at radius 1 is 1.04 bits per heavy atom. The fourth-order valence-electron chi connectivity index (χ4n) is 3.47. The fourth-order valence-corrected chi connectivity index (χ4v) is 3.47. The monoisotopic (exact) mass is 322 g/mol. The quantitative estimate of drug-likeness (QED) is 0.637. The van der Waals surface area contributed by atoms with Gasteiger partial charge in [-0.25, -0.2) is 0 Å². The average molecular weight is 322 g/mol. The van der Waals surface area contributed by atoms with E-state index in [1.54, 1.807) is 4.90 Å². The number of imide groups is 1. The van der Waals surface area contributed by atoms with Gasteiger partial charge in [0, 0.05) is 37.9 Å². The van der Waals surface area contributed by atoms with Gasteiger partial charge in [-0.05, 0) is 25.9 Å². The van der Waals surface area contributed by atoms with Gasteiger partial charge < -0.3 is 10.6 Å². The smallest absolute Gasteiger partial charge is 0.242 e. The van der Waals surface area contributed by atoms with Crippen LogP contribution in [0.5, 0.6) is 0 Å². The Morgan fingerprint density at radius 2 is 1.61 bits per heavy atom. The van der Waals surface area contributed by atoms with Gasteiger partial charge in [0.05, 0.1) is 0 Å². The molecule has 0 unspecified atom stereocenters. The second-order valence-corrected chi connectivity index (χ2v) is 6.54. The van der Waals surface area contributed by atoms with Crippen molar-refractivity contribution < 1.29 is 19.2 Å². The van der Waals surface area contributed by atoms with Crippen molar-refractivity contribution in [3.8, 4) is 0 Å². The molecule has 3 aliphatic rings. The molecular formula is C15H22N4O4. The first kappa shape index (κ1) is 15.9. The zero-order valence-electron chi connectivity index (χ0n) is 13.1. The number of hydrogen-bond donors (Lipinski definition) is 1. The summed E-state index contributed by atoms with van der Waals surface area (Å²) in [5.41, 5.74) is 5.33. The van der Waals surface area contributed by atoms with E-state index in [0.717, 1.165) is 30.8 Å². The molecule has 3 rings (SSSR count). The molecule has 0 bridgehead atoms. The van der Waals surface area contributed by atoms with Crippen molar-refractivity contribution in [1.29, 1.82) is 0 Å². The van der Waals surface area contributed by atoms with Crippen LogP contribution in [0.4, 0.5) is 0 Å². The molecular weight excluding hydrogens is 300 g/mol. The van der Waals surface area contributed by atoms with Crippen LogP contribution >= 0.6 is 0 Å². The van der Waals surface area contributed by atoms with E-state index >= 15 is 0 Å². The summed E-state index contributed by atoms with van der Waals surface area (Å²) in [5.74, 6) is -0.939. The maximum Gasteiger partial charge on any atom is 0.242 e. The highest BCUT2D eigenvalue weighted by Crippen LogP contribution is 2.23. The van der Waals surface area contributed by atoms with E-state index in [1.165, 1.54) is 0 Å². The number of carbonyl (C=O) groups is 4. The Hall–Kier alpha value is -1.96. The van der Waals surface area contributed by atoms with Crippen LogP contribution in [0.15, 0.2) is 0 Å². The van der Waals surface area contributed by atoms with Crippen molar-refractivity contribution in [2.24, 2.45) is 11.7 Å². The number of rotatable bonds is 4. The zero-order chi connectivity index (χ0) is 16.6. The van der Waals surface area contributed by atoms with E-state index in [0.29, 0.717) is 19.1 Å². The third kappa shape index (κ3) is 3.21. The first-order chi connectivity index (χ1) is 11.0. The Labute approximate surface area is 134 Å². The molecule has 0 aromatic carbocycles. The topological polar surface area (TPSA) is 104 Å². The minimum absolute atomic E-state index is 0.0312. The molecule has 23 heavy (non-hydrogen) atoms. The van der Waals surface area contributed by atoms with Crippen LogP contribution in [0.25, 0.3) is 0 Å². The molecule has 3 fully saturated rings. The number of nitrogens with zero attached hydrogens (tertiary/aromatic N) is 3. The van der Waals surface area contributed by atoms with Crippen LogP contribution in [0, 0.1) is 5.92 Å². The van der Waals surface area contributed by atoms with Crippen molar-refractivity contribution in [3.63, 3.8) is 0 Å². The molecule has 8 heteroatoms. The van der Waals surface area contributed by atoms with Gasteiger partial charge in [-0.2, -0.15) is 0 Å². The lowest BCUT2D eigenvalue weighted by Gasteiger charge is -2.47. The van der Waals surface area contributed by atoms with Gasteiger partial charge in [-0.1, -0.05) is 0 Å². The molecule has 0 radical (unpaired) electrons. The van der Waals surface area contributed by atoms with Gasteiger partial charge in [0.2, 0.25) is 23.6 Å². The van der Waals surface area contributed by atoms with Gasteiger partial charge in [0.1, 0.15) is 6.54 Å². The van der Waals surface area contributed by atoms with Crippen LogP contribution in [0.3, 0.4) is 0 Å². The molecule has 8 nitrogen and oxygen atoms in total. The third-order valence-corrected chi connectivity index (χ3v) is 5.11. The Bertz CT molecular complexity index is 520. The van der Waals surface area contributed by atoms with Crippen LogP contribution in [0.2, 0.25) is 0 Å². The first-order valence-corrected chi connectivity index (χ1v) is 8.10. The van der Waals surface area contributed by atoms with Gasteiger partial charge >= 0.3 is 0 Å². The Kier molecular flexibility index (Phi) is 4.34. The summed E-state index contributed by atoms with van der Waals surface area (Å²) in [6.07, 6.45) is 1.97. The predicted octanol–water partition coefficient (Wildman–Crippen LogP) is -1.46. The molecule has 3 heterocycles. The van der Waals surface area contributed by atoms with E-state index in [1.807, 2.05) is 0 Å². The summed E-state index contributed by atoms with van der Waals surface area (Å²) < 4.78 is 0. The summed E-state index contributed by atoms with van der Waals surface area (Å²) in [4.78, 5) is 51.4. The van der Waals surface area contributed by atoms with E-state index < -0.39 is 0 Å². The molecule has 0 aromatic heterocycles. The predicted molar refractivity (Wildman–Crippen MR) is 79.8 cm³/mol. The second-order valence-electron chi connectivity index (χ2n) is 6.54. The number of primary amides is 1. The number of piperidine rings is 1. The Balaban J connectivity index is 1.42. The number of amides is 4. The Morgan fingerprint density at radius 3 is 2.13 bits per heavy atom. The lowest BCUT2D eigenvalue weighted by molar-refractivity contribution is -0.149. The van der Waals surface area contributed by atoms with Crippen LogP contribution in [0.1, 0.15) is 25.7 Å². The first-order valence-electron chi connectivity index (χ1n) is 8.10. The van der Waals surface area contributed by atoms with Crippen LogP contribution in [-0.2, 0) is 19.2 Å². The molecule has 2 N–H and O–H groups in total. The highest BCUT2D eigenvalue weighted by Gasteiger charge is 2.39. The van der Waals surface area contributed by atoms with E-state index in [-0.39, 0.29) is 48.9 Å². The van der Waals surface area contributed by atoms with Crippen molar-refractivity contribution in [2.75, 3.05) is 32.7 Å². The minimum Gasteiger partial charge on any atom is -0.369 e. The standard InChI is InChI=1S/C15H22N4O4/c16-15(23)10-3-5-17(6-4-10)11-7-18(8-11)14(22)9-19-12(20)1-2-13(19)21/h10-11H,1-9H2,(H2,16,23). The maximum absolute atomic E-state index is 12.1. The lowest BCUT2D eigenvalue weighted by atomic mass is 9.94. The van der Waals surface area contributed by atoms with Crippen LogP contribution in [-0.4, -0.2) is 77.1 Å². The van der Waals surface area contributed by atoms with Gasteiger partial charge in [0.15, 0.2) is 0 Å². The molecule has 126 valence electrons. The molecule has 0 spiro atoms. The number of carbonyl (C=O) groups excluding carboxylic acids is 4. The number of hydrogen-bond acceptors (Lipinski definition) is 5. The summed E-state index contributed by atoms with van der Waals surface area (Å²) in [6, 6.07) is 0.303. The van der Waals surface area contributed by atoms with Gasteiger partial charge in [-0.15, -0.1) is 0 Å². The molecule has 0 atom stereocenters. The molecule has 0 aromatic rings. The van der Waals surface area contributed by atoms with Crippen molar-refractivity contribution in [1.82, 2.24) is 14.7 Å². The highest BCUT2D eigenvalue weighted by atomic mass is 16.2. The average Bonchev–Trinajstić information content (AvgIpc) is 2.78. The fraction of sp³-hybridized carbons (Fsp3) is 0.733. The molecule has 0 aliphatic carbocycles. The zero-order valence-corrected chi connectivity index (χ0v) is 13.1. The van der Waals surface area contributed by atoms with Crippen molar-refractivity contribution >= 4 is 23.6 Å².